The second-order valence-electron chi connectivity index (χ2n) is 8.72. The summed E-state index contributed by atoms with van der Waals surface area (Å²) in [5.74, 6) is -1.47. The first kappa shape index (κ1) is 21.3. The zero-order valence-corrected chi connectivity index (χ0v) is 17.6. The van der Waals surface area contributed by atoms with E-state index in [9.17, 15) is 18.8 Å². The molecule has 3 aliphatic heterocycles. The van der Waals surface area contributed by atoms with Gasteiger partial charge in [0.2, 0.25) is 17.7 Å². The highest BCUT2D eigenvalue weighted by Gasteiger charge is 2.44. The fourth-order valence-corrected chi connectivity index (χ4v) is 4.94. The molecule has 3 aliphatic rings. The Morgan fingerprint density at radius 2 is 2.10 bits per heavy atom. The number of rotatable bonds is 5. The van der Waals surface area contributed by atoms with Gasteiger partial charge in [0, 0.05) is 31.8 Å². The minimum absolute atomic E-state index is 0.000357. The third kappa shape index (κ3) is 4.14. The molecule has 0 spiro atoms. The molecule has 0 unspecified atom stereocenters. The van der Waals surface area contributed by atoms with Crippen molar-refractivity contribution in [2.45, 2.75) is 70.4 Å². The number of hydrogen-bond acceptors (Lipinski definition) is 4. The maximum atomic E-state index is 13.7. The first-order valence-electron chi connectivity index (χ1n) is 10.9. The second-order valence-corrected chi connectivity index (χ2v) is 8.72. The van der Waals surface area contributed by atoms with Crippen LogP contribution in [0.4, 0.5) is 4.39 Å². The molecular weight excluding hydrogens is 399 g/mol. The number of amides is 3. The molecule has 2 saturated heterocycles. The number of halogens is 1. The summed E-state index contributed by atoms with van der Waals surface area (Å²) in [5.41, 5.74) is 3.63. The standard InChI is InChI=1S/C23H27FN4O3/c1-2-4-14-5-3-6-15-11-27(13-19(14)15)21(29)8-16-7-20(26-22(16)30)23(31)28-12-17(24)9-18(28)10-25/h3,5-6,16-18,20H,2,4,7-9,11-13H2,1H3,(H,26,30)/t16-,17-,18-,20-/m0/s1. The van der Waals surface area contributed by atoms with Gasteiger partial charge in [-0.15, -0.1) is 0 Å². The molecule has 7 nitrogen and oxygen atoms in total. The third-order valence-electron chi connectivity index (χ3n) is 6.56. The first-order valence-corrected chi connectivity index (χ1v) is 10.9. The van der Waals surface area contributed by atoms with Crippen LogP contribution in [0.3, 0.4) is 0 Å². The van der Waals surface area contributed by atoms with Crippen molar-refractivity contribution in [3.63, 3.8) is 0 Å². The minimum Gasteiger partial charge on any atom is -0.344 e. The molecule has 0 bridgehead atoms. The number of likely N-dealkylation sites (tertiary alicyclic amines) is 1. The number of carbonyl (C=O) groups is 3. The van der Waals surface area contributed by atoms with Crippen molar-refractivity contribution in [1.82, 2.24) is 15.1 Å². The Kier molecular flexibility index (Phi) is 5.94. The van der Waals surface area contributed by atoms with Crippen LogP contribution in [0.1, 0.15) is 49.3 Å². The van der Waals surface area contributed by atoms with E-state index in [1.54, 1.807) is 4.90 Å². The summed E-state index contributed by atoms with van der Waals surface area (Å²) in [4.78, 5) is 41.1. The molecule has 0 aliphatic carbocycles. The van der Waals surface area contributed by atoms with Gasteiger partial charge in [-0.05, 0) is 29.5 Å². The van der Waals surface area contributed by atoms with Crippen molar-refractivity contribution in [3.05, 3.63) is 34.9 Å². The SMILES string of the molecule is CCCc1cccc2c1CN(C(=O)C[C@@H]1C[C@@H](C(=O)N3C[C@@H](F)C[C@H]3C#N)NC1=O)C2. The molecule has 31 heavy (non-hydrogen) atoms. The summed E-state index contributed by atoms with van der Waals surface area (Å²) < 4.78 is 13.7. The van der Waals surface area contributed by atoms with Crippen molar-refractivity contribution in [2.75, 3.05) is 6.54 Å². The average molecular weight is 426 g/mol. The molecule has 3 amide bonds. The number of aryl methyl sites for hydroxylation is 1. The number of nitrogens with zero attached hydrogens (tertiary/aromatic N) is 3. The van der Waals surface area contributed by atoms with Gasteiger partial charge in [-0.1, -0.05) is 31.5 Å². The van der Waals surface area contributed by atoms with Crippen molar-refractivity contribution in [1.29, 1.82) is 5.26 Å². The van der Waals surface area contributed by atoms with Gasteiger partial charge >= 0.3 is 0 Å². The van der Waals surface area contributed by atoms with Crippen LogP contribution in [0.25, 0.3) is 0 Å². The number of nitrogens with one attached hydrogen (secondary N) is 1. The van der Waals surface area contributed by atoms with Crippen molar-refractivity contribution in [2.24, 2.45) is 5.92 Å². The van der Waals surface area contributed by atoms with Crippen LogP contribution in [-0.4, -0.2) is 52.3 Å². The topological polar surface area (TPSA) is 93.5 Å². The Hall–Kier alpha value is -2.95. The van der Waals surface area contributed by atoms with Crippen molar-refractivity contribution >= 4 is 17.7 Å². The number of benzene rings is 1. The molecular formula is C23H27FN4O3. The van der Waals surface area contributed by atoms with Gasteiger partial charge in [0.05, 0.1) is 12.6 Å². The first-order chi connectivity index (χ1) is 14.9. The van der Waals surface area contributed by atoms with E-state index in [2.05, 4.69) is 18.3 Å². The molecule has 3 heterocycles. The Bertz CT molecular complexity index is 943. The molecule has 8 heteroatoms. The van der Waals surface area contributed by atoms with E-state index >= 15 is 0 Å². The van der Waals surface area contributed by atoms with E-state index in [4.69, 9.17) is 5.26 Å². The zero-order valence-electron chi connectivity index (χ0n) is 17.6. The molecule has 4 rings (SSSR count). The Labute approximate surface area is 181 Å². The Morgan fingerprint density at radius 3 is 2.84 bits per heavy atom. The van der Waals surface area contributed by atoms with Crippen LogP contribution in [0.15, 0.2) is 18.2 Å². The highest BCUT2D eigenvalue weighted by molar-refractivity contribution is 5.94. The third-order valence-corrected chi connectivity index (χ3v) is 6.56. The predicted octanol–water partition coefficient (Wildman–Crippen LogP) is 1.84. The van der Waals surface area contributed by atoms with Crippen LogP contribution in [-0.2, 0) is 33.9 Å². The lowest BCUT2D eigenvalue weighted by Gasteiger charge is -2.22. The lowest BCUT2D eigenvalue weighted by molar-refractivity contribution is -0.135. The van der Waals surface area contributed by atoms with Gasteiger partial charge in [-0.3, -0.25) is 14.4 Å². The highest BCUT2D eigenvalue weighted by Crippen LogP contribution is 2.30. The quantitative estimate of drug-likeness (QED) is 0.778. The molecule has 1 N–H and O–H groups in total. The Morgan fingerprint density at radius 1 is 1.29 bits per heavy atom. The molecule has 164 valence electrons. The van der Waals surface area contributed by atoms with E-state index in [1.165, 1.54) is 16.0 Å². The maximum Gasteiger partial charge on any atom is 0.246 e. The van der Waals surface area contributed by atoms with E-state index in [0.29, 0.717) is 13.1 Å². The fourth-order valence-electron chi connectivity index (χ4n) is 4.94. The summed E-state index contributed by atoms with van der Waals surface area (Å²) in [6, 6.07) is 6.51. The van der Waals surface area contributed by atoms with Gasteiger partial charge in [0.25, 0.3) is 0 Å². The summed E-state index contributed by atoms with van der Waals surface area (Å²) in [6.45, 7) is 3.09. The highest BCUT2D eigenvalue weighted by atomic mass is 19.1. The largest absolute Gasteiger partial charge is 0.344 e. The number of fused-ring (bicyclic) bond motifs is 1. The number of alkyl halides is 1. The van der Waals surface area contributed by atoms with Crippen LogP contribution in [0, 0.1) is 17.2 Å². The molecule has 4 atom stereocenters. The fraction of sp³-hybridized carbons (Fsp3) is 0.565. The van der Waals surface area contributed by atoms with E-state index < -0.39 is 30.1 Å². The maximum absolute atomic E-state index is 13.7. The lowest BCUT2D eigenvalue weighted by atomic mass is 9.99. The van der Waals surface area contributed by atoms with Gasteiger partial charge in [-0.2, -0.15) is 5.26 Å². The zero-order chi connectivity index (χ0) is 22.1. The molecule has 2 fully saturated rings. The lowest BCUT2D eigenvalue weighted by Crippen LogP contribution is -2.46. The van der Waals surface area contributed by atoms with Crippen LogP contribution in [0.5, 0.6) is 0 Å². The second kappa shape index (κ2) is 8.66. The monoisotopic (exact) mass is 426 g/mol. The van der Waals surface area contributed by atoms with Crippen LogP contribution in [0.2, 0.25) is 0 Å². The van der Waals surface area contributed by atoms with Crippen molar-refractivity contribution < 1.29 is 18.8 Å². The van der Waals surface area contributed by atoms with E-state index in [-0.39, 0.29) is 37.6 Å². The summed E-state index contributed by atoms with van der Waals surface area (Å²) >= 11 is 0. The van der Waals surface area contributed by atoms with Gasteiger partial charge in [-0.25, -0.2) is 4.39 Å². The molecule has 0 aromatic heterocycles. The molecule has 1 aromatic carbocycles. The average Bonchev–Trinajstić information content (AvgIpc) is 3.45. The van der Waals surface area contributed by atoms with Gasteiger partial charge in [0.1, 0.15) is 18.3 Å². The van der Waals surface area contributed by atoms with Gasteiger partial charge < -0.3 is 15.1 Å². The summed E-state index contributed by atoms with van der Waals surface area (Å²) in [5, 5.41) is 11.8. The van der Waals surface area contributed by atoms with Crippen LogP contribution < -0.4 is 5.32 Å². The number of hydrogen-bond donors (Lipinski definition) is 1. The summed E-state index contributed by atoms with van der Waals surface area (Å²) in [7, 11) is 0. The Balaban J connectivity index is 1.37. The van der Waals surface area contributed by atoms with E-state index in [1.807, 2.05) is 18.2 Å². The normalized spacial score (nSPS) is 27.2. The van der Waals surface area contributed by atoms with Crippen LogP contribution >= 0.6 is 0 Å². The smallest absolute Gasteiger partial charge is 0.246 e. The summed E-state index contributed by atoms with van der Waals surface area (Å²) in [6.07, 6.45) is 1.02. The van der Waals surface area contributed by atoms with Crippen molar-refractivity contribution in [3.8, 4) is 6.07 Å². The predicted molar refractivity (Wildman–Crippen MR) is 110 cm³/mol. The van der Waals surface area contributed by atoms with E-state index in [0.717, 1.165) is 18.4 Å². The number of nitriles is 1. The minimum atomic E-state index is -1.22. The van der Waals surface area contributed by atoms with Gasteiger partial charge in [0.15, 0.2) is 0 Å². The molecule has 0 radical (unpaired) electrons. The molecule has 1 aromatic rings. The molecule has 0 saturated carbocycles. The number of carbonyl (C=O) groups excluding carboxylic acids is 3.